The predicted octanol–water partition coefficient (Wildman–Crippen LogP) is 4.83. The molecule has 2 aromatic carbocycles. The molecule has 0 spiro atoms. The van der Waals surface area contributed by atoms with Crippen molar-refractivity contribution in [1.82, 2.24) is 5.32 Å². The lowest BCUT2D eigenvalue weighted by Crippen LogP contribution is -2.20. The van der Waals surface area contributed by atoms with Crippen molar-refractivity contribution in [2.75, 3.05) is 0 Å². The van der Waals surface area contributed by atoms with Gasteiger partial charge in [0.25, 0.3) is 0 Å². The second-order valence-electron chi connectivity index (χ2n) is 4.52. The molecule has 3 heteroatoms. The van der Waals surface area contributed by atoms with Gasteiger partial charge >= 0.3 is 0 Å². The van der Waals surface area contributed by atoms with Crippen molar-refractivity contribution in [3.8, 4) is 0 Å². The SMILES string of the molecule is CCC(NCc1ccc(Br)cc1)c1ccc(F)cc1. The molecule has 0 radical (unpaired) electrons. The molecule has 0 aliphatic heterocycles. The van der Waals surface area contributed by atoms with Gasteiger partial charge < -0.3 is 5.32 Å². The fraction of sp³-hybridized carbons (Fsp3) is 0.250. The molecular weight excluding hydrogens is 305 g/mol. The summed E-state index contributed by atoms with van der Waals surface area (Å²) < 4.78 is 14.0. The Morgan fingerprint density at radius 1 is 1.05 bits per heavy atom. The molecule has 0 aromatic heterocycles. The minimum Gasteiger partial charge on any atom is -0.306 e. The zero-order valence-corrected chi connectivity index (χ0v) is 12.5. The summed E-state index contributed by atoms with van der Waals surface area (Å²) in [6.07, 6.45) is 0.974. The van der Waals surface area contributed by atoms with Crippen molar-refractivity contribution in [3.05, 3.63) is 69.9 Å². The fourth-order valence-electron chi connectivity index (χ4n) is 2.04. The second kappa shape index (κ2) is 6.83. The van der Waals surface area contributed by atoms with E-state index in [4.69, 9.17) is 0 Å². The number of halogens is 2. The normalized spacial score (nSPS) is 12.4. The Labute approximate surface area is 122 Å². The van der Waals surface area contributed by atoms with Gasteiger partial charge in [-0.1, -0.05) is 47.1 Å². The molecule has 2 rings (SSSR count). The fourth-order valence-corrected chi connectivity index (χ4v) is 2.30. The third-order valence-electron chi connectivity index (χ3n) is 3.15. The first-order chi connectivity index (χ1) is 9.19. The van der Waals surface area contributed by atoms with Crippen LogP contribution in [0.4, 0.5) is 4.39 Å². The minimum absolute atomic E-state index is 0.188. The Morgan fingerprint density at radius 2 is 1.68 bits per heavy atom. The lowest BCUT2D eigenvalue weighted by Gasteiger charge is -2.17. The lowest BCUT2D eigenvalue weighted by molar-refractivity contribution is 0.517. The van der Waals surface area contributed by atoms with Crippen LogP contribution < -0.4 is 5.32 Å². The van der Waals surface area contributed by atoms with Gasteiger partial charge in [0, 0.05) is 17.1 Å². The van der Waals surface area contributed by atoms with Gasteiger partial charge in [-0.05, 0) is 41.8 Å². The Hall–Kier alpha value is -1.19. The van der Waals surface area contributed by atoms with Crippen LogP contribution in [0.15, 0.2) is 53.0 Å². The van der Waals surface area contributed by atoms with Crippen LogP contribution in [-0.4, -0.2) is 0 Å². The number of hydrogen-bond donors (Lipinski definition) is 1. The van der Waals surface area contributed by atoms with Crippen LogP contribution in [0.1, 0.15) is 30.5 Å². The molecule has 0 aliphatic rings. The molecule has 1 nitrogen and oxygen atoms in total. The van der Waals surface area contributed by atoms with Crippen molar-refractivity contribution in [2.45, 2.75) is 25.9 Å². The van der Waals surface area contributed by atoms with Gasteiger partial charge in [0.15, 0.2) is 0 Å². The monoisotopic (exact) mass is 321 g/mol. The Kier molecular flexibility index (Phi) is 5.11. The molecule has 0 bridgehead atoms. The van der Waals surface area contributed by atoms with E-state index in [0.717, 1.165) is 23.0 Å². The Morgan fingerprint density at radius 3 is 2.26 bits per heavy atom. The standard InChI is InChI=1S/C16H17BrFN/c1-2-16(13-5-9-15(18)10-6-13)19-11-12-3-7-14(17)8-4-12/h3-10,16,19H,2,11H2,1H3. The van der Waals surface area contributed by atoms with Crippen LogP contribution in [0.5, 0.6) is 0 Å². The van der Waals surface area contributed by atoms with Crippen molar-refractivity contribution in [2.24, 2.45) is 0 Å². The van der Waals surface area contributed by atoms with Crippen LogP contribution >= 0.6 is 15.9 Å². The van der Waals surface area contributed by atoms with E-state index in [-0.39, 0.29) is 11.9 Å². The third-order valence-corrected chi connectivity index (χ3v) is 3.68. The molecule has 0 saturated heterocycles. The summed E-state index contributed by atoms with van der Waals surface area (Å²) in [7, 11) is 0. The van der Waals surface area contributed by atoms with Crippen LogP contribution in [0.25, 0.3) is 0 Å². The number of benzene rings is 2. The zero-order valence-electron chi connectivity index (χ0n) is 10.9. The number of hydrogen-bond acceptors (Lipinski definition) is 1. The van der Waals surface area contributed by atoms with Crippen LogP contribution in [0, 0.1) is 5.82 Å². The molecule has 2 aromatic rings. The first kappa shape index (κ1) is 14.2. The van der Waals surface area contributed by atoms with Crippen molar-refractivity contribution >= 4 is 15.9 Å². The van der Waals surface area contributed by atoms with Gasteiger partial charge in [-0.3, -0.25) is 0 Å². The summed E-state index contributed by atoms with van der Waals surface area (Å²) in [5.74, 6) is -0.188. The largest absolute Gasteiger partial charge is 0.306 e. The first-order valence-electron chi connectivity index (χ1n) is 6.42. The highest BCUT2D eigenvalue weighted by atomic mass is 79.9. The van der Waals surface area contributed by atoms with Crippen LogP contribution in [-0.2, 0) is 6.54 Å². The topological polar surface area (TPSA) is 12.0 Å². The van der Waals surface area contributed by atoms with Gasteiger partial charge in [-0.15, -0.1) is 0 Å². The second-order valence-corrected chi connectivity index (χ2v) is 5.44. The molecule has 0 fully saturated rings. The summed E-state index contributed by atoms with van der Waals surface area (Å²) >= 11 is 3.43. The summed E-state index contributed by atoms with van der Waals surface area (Å²) in [6, 6.07) is 15.2. The maximum atomic E-state index is 12.9. The molecule has 1 atom stereocenters. The minimum atomic E-state index is -0.188. The van der Waals surface area contributed by atoms with Gasteiger partial charge in [-0.2, -0.15) is 0 Å². The van der Waals surface area contributed by atoms with E-state index >= 15 is 0 Å². The van der Waals surface area contributed by atoms with Crippen LogP contribution in [0.2, 0.25) is 0 Å². The van der Waals surface area contributed by atoms with Gasteiger partial charge in [-0.25, -0.2) is 4.39 Å². The maximum absolute atomic E-state index is 12.9. The molecule has 0 saturated carbocycles. The predicted molar refractivity (Wildman–Crippen MR) is 80.4 cm³/mol. The Balaban J connectivity index is 1.99. The maximum Gasteiger partial charge on any atom is 0.123 e. The highest BCUT2D eigenvalue weighted by Gasteiger charge is 2.08. The van der Waals surface area contributed by atoms with E-state index in [1.165, 1.54) is 17.7 Å². The first-order valence-corrected chi connectivity index (χ1v) is 7.21. The van der Waals surface area contributed by atoms with E-state index in [1.54, 1.807) is 0 Å². The van der Waals surface area contributed by atoms with E-state index in [9.17, 15) is 4.39 Å². The van der Waals surface area contributed by atoms with Crippen LogP contribution in [0.3, 0.4) is 0 Å². The molecule has 1 unspecified atom stereocenters. The van der Waals surface area contributed by atoms with E-state index < -0.39 is 0 Å². The van der Waals surface area contributed by atoms with E-state index in [2.05, 4.69) is 40.3 Å². The van der Waals surface area contributed by atoms with Gasteiger partial charge in [0.05, 0.1) is 0 Å². The number of nitrogens with one attached hydrogen (secondary N) is 1. The molecule has 19 heavy (non-hydrogen) atoms. The van der Waals surface area contributed by atoms with Crippen molar-refractivity contribution in [3.63, 3.8) is 0 Å². The molecule has 0 amide bonds. The van der Waals surface area contributed by atoms with Crippen molar-refractivity contribution in [1.29, 1.82) is 0 Å². The average Bonchev–Trinajstić information content (AvgIpc) is 2.43. The quantitative estimate of drug-likeness (QED) is 0.831. The molecular formula is C16H17BrFN. The summed E-state index contributed by atoms with van der Waals surface area (Å²) in [4.78, 5) is 0. The molecule has 0 heterocycles. The van der Waals surface area contributed by atoms with Crippen molar-refractivity contribution < 1.29 is 4.39 Å². The zero-order chi connectivity index (χ0) is 13.7. The average molecular weight is 322 g/mol. The van der Waals surface area contributed by atoms with Gasteiger partial charge in [0.1, 0.15) is 5.82 Å². The highest BCUT2D eigenvalue weighted by molar-refractivity contribution is 9.10. The third kappa shape index (κ3) is 4.15. The number of rotatable bonds is 5. The lowest BCUT2D eigenvalue weighted by atomic mass is 10.0. The molecule has 1 N–H and O–H groups in total. The van der Waals surface area contributed by atoms with Gasteiger partial charge in [0.2, 0.25) is 0 Å². The van der Waals surface area contributed by atoms with E-state index in [0.29, 0.717) is 0 Å². The summed E-state index contributed by atoms with van der Waals surface area (Å²) in [5.41, 5.74) is 2.37. The highest BCUT2D eigenvalue weighted by Crippen LogP contribution is 2.18. The Bertz CT molecular complexity index is 507. The van der Waals surface area contributed by atoms with E-state index in [1.807, 2.05) is 24.3 Å². The summed E-state index contributed by atoms with van der Waals surface area (Å²) in [5, 5.41) is 3.50. The molecule has 100 valence electrons. The summed E-state index contributed by atoms with van der Waals surface area (Å²) in [6.45, 7) is 2.94. The molecule has 0 aliphatic carbocycles. The smallest absolute Gasteiger partial charge is 0.123 e.